The number of rotatable bonds is 1. The van der Waals surface area contributed by atoms with Crippen LogP contribution in [0.1, 0.15) is 20.8 Å². The lowest BCUT2D eigenvalue weighted by molar-refractivity contribution is 0.0240. The van der Waals surface area contributed by atoms with Gasteiger partial charge in [-0.05, 0) is 48.8 Å². The van der Waals surface area contributed by atoms with E-state index in [1.54, 1.807) is 11.2 Å². The number of piperazine rings is 1. The second kappa shape index (κ2) is 6.67. The Labute approximate surface area is 155 Å². The van der Waals surface area contributed by atoms with Crippen molar-refractivity contribution in [1.29, 1.82) is 0 Å². The zero-order valence-corrected chi connectivity index (χ0v) is 16.2. The van der Waals surface area contributed by atoms with Gasteiger partial charge in [0.2, 0.25) is 0 Å². The third-order valence-corrected chi connectivity index (χ3v) is 4.65. The van der Waals surface area contributed by atoms with Crippen molar-refractivity contribution < 1.29 is 9.53 Å². The van der Waals surface area contributed by atoms with Crippen LogP contribution in [0, 0.1) is 0 Å². The molecule has 0 atom stereocenters. The van der Waals surface area contributed by atoms with E-state index in [1.165, 1.54) is 0 Å². The van der Waals surface area contributed by atoms with Crippen LogP contribution in [0.2, 0.25) is 0 Å². The number of ether oxygens (including phenoxy) is 1. The summed E-state index contributed by atoms with van der Waals surface area (Å²) < 4.78 is 6.26. The molecule has 25 heavy (non-hydrogen) atoms. The fraction of sp³-hybridized carbons (Fsp3) is 0.471. The van der Waals surface area contributed by atoms with Crippen LogP contribution in [0.25, 0.3) is 10.9 Å². The van der Waals surface area contributed by atoms with E-state index in [1.807, 2.05) is 32.9 Å². The largest absolute Gasteiger partial charge is 0.444 e. The van der Waals surface area contributed by atoms with Gasteiger partial charge < -0.3 is 20.3 Å². The summed E-state index contributed by atoms with van der Waals surface area (Å²) >= 11 is 3.43. The quantitative estimate of drug-likeness (QED) is 0.731. The molecule has 0 radical (unpaired) electrons. The van der Waals surface area contributed by atoms with Crippen LogP contribution in [-0.2, 0) is 4.74 Å². The molecule has 1 aliphatic rings. The van der Waals surface area contributed by atoms with Crippen molar-refractivity contribution in [1.82, 2.24) is 14.9 Å². The summed E-state index contributed by atoms with van der Waals surface area (Å²) in [6.45, 7) is 8.16. The van der Waals surface area contributed by atoms with Gasteiger partial charge in [-0.15, -0.1) is 0 Å². The van der Waals surface area contributed by atoms with E-state index in [-0.39, 0.29) is 6.09 Å². The van der Waals surface area contributed by atoms with Crippen LogP contribution < -0.4 is 10.6 Å². The molecule has 1 aromatic heterocycles. The van der Waals surface area contributed by atoms with E-state index in [0.29, 0.717) is 31.9 Å². The van der Waals surface area contributed by atoms with Gasteiger partial charge in [0.25, 0.3) is 0 Å². The van der Waals surface area contributed by atoms with Crippen LogP contribution in [0.15, 0.2) is 22.9 Å². The number of hydrogen-bond donors (Lipinski definition) is 1. The number of aromatic nitrogens is 2. The minimum atomic E-state index is -0.484. The SMILES string of the molecule is CC(C)(C)OC(=O)N1CCN(c2ncnc3cc(Br)c(N)cc23)CC1. The van der Waals surface area contributed by atoms with Crippen LogP contribution in [0.5, 0.6) is 0 Å². The molecule has 0 aliphatic carbocycles. The Morgan fingerprint density at radius 1 is 1.20 bits per heavy atom. The lowest BCUT2D eigenvalue weighted by Gasteiger charge is -2.36. The number of nitrogens with two attached hydrogens (primary N) is 1. The molecular formula is C17H22BrN5O2. The number of benzene rings is 1. The fourth-order valence-electron chi connectivity index (χ4n) is 2.76. The predicted molar refractivity (Wildman–Crippen MR) is 102 cm³/mol. The Bertz CT molecular complexity index is 797. The van der Waals surface area contributed by atoms with Gasteiger partial charge in [0, 0.05) is 41.7 Å². The highest BCUT2D eigenvalue weighted by Gasteiger charge is 2.27. The Morgan fingerprint density at radius 3 is 2.52 bits per heavy atom. The van der Waals surface area contributed by atoms with Crippen molar-refractivity contribution in [3.8, 4) is 0 Å². The Hall–Kier alpha value is -2.09. The number of halogens is 1. The molecular weight excluding hydrogens is 386 g/mol. The molecule has 1 aliphatic heterocycles. The first kappa shape index (κ1) is 17.7. The molecule has 1 saturated heterocycles. The van der Waals surface area contributed by atoms with E-state index < -0.39 is 5.60 Å². The van der Waals surface area contributed by atoms with E-state index in [2.05, 4.69) is 30.8 Å². The van der Waals surface area contributed by atoms with Gasteiger partial charge >= 0.3 is 6.09 Å². The molecule has 1 amide bonds. The van der Waals surface area contributed by atoms with Crippen LogP contribution in [-0.4, -0.2) is 52.7 Å². The molecule has 134 valence electrons. The number of hydrogen-bond acceptors (Lipinski definition) is 6. The number of fused-ring (bicyclic) bond motifs is 1. The summed E-state index contributed by atoms with van der Waals surface area (Å²) in [5.74, 6) is 0.841. The maximum atomic E-state index is 12.2. The first-order chi connectivity index (χ1) is 11.7. The van der Waals surface area contributed by atoms with Gasteiger partial charge in [-0.25, -0.2) is 14.8 Å². The molecule has 0 spiro atoms. The summed E-state index contributed by atoms with van der Waals surface area (Å²) in [5.41, 5.74) is 7.01. The fourth-order valence-corrected chi connectivity index (χ4v) is 3.09. The van der Waals surface area contributed by atoms with Gasteiger partial charge in [-0.1, -0.05) is 0 Å². The minimum absolute atomic E-state index is 0.270. The van der Waals surface area contributed by atoms with E-state index >= 15 is 0 Å². The Kier molecular flexibility index (Phi) is 4.73. The monoisotopic (exact) mass is 407 g/mol. The molecule has 0 saturated carbocycles. The molecule has 2 heterocycles. The molecule has 8 heteroatoms. The maximum absolute atomic E-state index is 12.2. The van der Waals surface area contributed by atoms with Crippen LogP contribution in [0.4, 0.5) is 16.3 Å². The van der Waals surface area contributed by atoms with Gasteiger partial charge in [0.15, 0.2) is 0 Å². The average molecular weight is 408 g/mol. The molecule has 2 N–H and O–H groups in total. The van der Waals surface area contributed by atoms with Crippen LogP contribution in [0.3, 0.4) is 0 Å². The van der Waals surface area contributed by atoms with E-state index in [4.69, 9.17) is 10.5 Å². The number of anilines is 2. The lowest BCUT2D eigenvalue weighted by atomic mass is 10.2. The third kappa shape index (κ3) is 3.95. The summed E-state index contributed by atoms with van der Waals surface area (Å²) in [6, 6.07) is 3.78. The summed E-state index contributed by atoms with van der Waals surface area (Å²) in [7, 11) is 0. The molecule has 2 aromatic rings. The second-order valence-corrected chi connectivity index (χ2v) is 7.90. The first-order valence-corrected chi connectivity index (χ1v) is 8.96. The summed E-state index contributed by atoms with van der Waals surface area (Å²) in [5, 5.41) is 0.911. The zero-order valence-electron chi connectivity index (χ0n) is 14.6. The van der Waals surface area contributed by atoms with Crippen molar-refractivity contribution in [3.63, 3.8) is 0 Å². The maximum Gasteiger partial charge on any atom is 0.410 e. The summed E-state index contributed by atoms with van der Waals surface area (Å²) in [4.78, 5) is 24.8. The molecule has 0 unspecified atom stereocenters. The molecule has 1 fully saturated rings. The first-order valence-electron chi connectivity index (χ1n) is 8.17. The highest BCUT2D eigenvalue weighted by atomic mass is 79.9. The highest BCUT2D eigenvalue weighted by molar-refractivity contribution is 9.10. The molecule has 7 nitrogen and oxygen atoms in total. The van der Waals surface area contributed by atoms with Gasteiger partial charge in [0.05, 0.1) is 5.52 Å². The topological polar surface area (TPSA) is 84.6 Å². The highest BCUT2D eigenvalue weighted by Crippen LogP contribution is 2.30. The number of nitrogens with zero attached hydrogens (tertiary/aromatic N) is 4. The molecule has 0 bridgehead atoms. The Morgan fingerprint density at radius 2 is 1.88 bits per heavy atom. The van der Waals surface area contributed by atoms with E-state index in [0.717, 1.165) is 21.2 Å². The van der Waals surface area contributed by atoms with E-state index in [9.17, 15) is 4.79 Å². The number of carbonyl (C=O) groups excluding carboxylic acids is 1. The van der Waals surface area contributed by atoms with Crippen molar-refractivity contribution in [2.45, 2.75) is 26.4 Å². The van der Waals surface area contributed by atoms with Crippen molar-refractivity contribution >= 4 is 44.4 Å². The normalized spacial score (nSPS) is 15.5. The predicted octanol–water partition coefficient (Wildman–Crippen LogP) is 3.03. The smallest absolute Gasteiger partial charge is 0.410 e. The van der Waals surface area contributed by atoms with Crippen molar-refractivity contribution in [2.24, 2.45) is 0 Å². The van der Waals surface area contributed by atoms with Crippen molar-refractivity contribution in [3.05, 3.63) is 22.9 Å². The standard InChI is InChI=1S/C17H22BrN5O2/c1-17(2,3)25-16(24)23-6-4-22(5-7-23)15-11-8-13(19)12(18)9-14(11)20-10-21-15/h8-10H,4-7,19H2,1-3H3. The number of nitrogen functional groups attached to an aromatic ring is 1. The van der Waals surface area contributed by atoms with Crippen molar-refractivity contribution in [2.75, 3.05) is 36.8 Å². The average Bonchev–Trinajstić information content (AvgIpc) is 2.54. The number of carbonyl (C=O) groups is 1. The lowest BCUT2D eigenvalue weighted by Crippen LogP contribution is -2.50. The number of amides is 1. The van der Waals surface area contributed by atoms with Gasteiger partial charge in [-0.2, -0.15) is 0 Å². The zero-order chi connectivity index (χ0) is 18.2. The third-order valence-electron chi connectivity index (χ3n) is 3.96. The second-order valence-electron chi connectivity index (χ2n) is 7.04. The van der Waals surface area contributed by atoms with Gasteiger partial charge in [0.1, 0.15) is 17.7 Å². The van der Waals surface area contributed by atoms with Gasteiger partial charge in [-0.3, -0.25) is 0 Å². The van der Waals surface area contributed by atoms with Crippen LogP contribution >= 0.6 is 15.9 Å². The Balaban J connectivity index is 1.76. The molecule has 1 aromatic carbocycles. The summed E-state index contributed by atoms with van der Waals surface area (Å²) in [6.07, 6.45) is 1.29. The minimum Gasteiger partial charge on any atom is -0.444 e. The molecule has 3 rings (SSSR count).